The zero-order valence-corrected chi connectivity index (χ0v) is 19.0. The van der Waals surface area contributed by atoms with Crippen molar-refractivity contribution in [2.24, 2.45) is 5.92 Å². The fraction of sp³-hybridized carbons (Fsp3) is 0.308. The Hall–Kier alpha value is -2.89. The predicted molar refractivity (Wildman–Crippen MR) is 127 cm³/mol. The Morgan fingerprint density at radius 1 is 1.12 bits per heavy atom. The van der Waals surface area contributed by atoms with Crippen LogP contribution in [0.15, 0.2) is 72.9 Å². The number of piperidine rings is 1. The van der Waals surface area contributed by atoms with Crippen LogP contribution in [0.3, 0.4) is 0 Å². The van der Waals surface area contributed by atoms with Crippen LogP contribution in [0.5, 0.6) is 5.75 Å². The van der Waals surface area contributed by atoms with Gasteiger partial charge in [-0.15, -0.1) is 0 Å². The fourth-order valence-electron chi connectivity index (χ4n) is 4.18. The molecule has 2 aromatic carbocycles. The van der Waals surface area contributed by atoms with Gasteiger partial charge in [-0.3, -0.25) is 14.7 Å². The van der Waals surface area contributed by atoms with Crippen molar-refractivity contribution in [3.63, 3.8) is 0 Å². The van der Waals surface area contributed by atoms with Gasteiger partial charge in [-0.25, -0.2) is 0 Å². The van der Waals surface area contributed by atoms with E-state index in [1.807, 2.05) is 60.7 Å². The molecule has 6 heteroatoms. The van der Waals surface area contributed by atoms with E-state index < -0.39 is 0 Å². The van der Waals surface area contributed by atoms with Crippen molar-refractivity contribution >= 4 is 17.5 Å². The molecule has 0 aliphatic carbocycles. The molecule has 0 bridgehead atoms. The first-order chi connectivity index (χ1) is 15.6. The van der Waals surface area contributed by atoms with Crippen molar-refractivity contribution in [3.8, 4) is 5.75 Å². The highest BCUT2D eigenvalue weighted by Gasteiger charge is 2.28. The summed E-state index contributed by atoms with van der Waals surface area (Å²) in [6.45, 7) is 2.64. The third-order valence-electron chi connectivity index (χ3n) is 5.97. The Morgan fingerprint density at radius 2 is 1.91 bits per heavy atom. The number of amides is 1. The van der Waals surface area contributed by atoms with Gasteiger partial charge in [0, 0.05) is 23.7 Å². The Bertz CT molecular complexity index is 1020. The van der Waals surface area contributed by atoms with E-state index >= 15 is 0 Å². The normalized spacial score (nSPS) is 15.8. The topological polar surface area (TPSA) is 54.5 Å². The minimum absolute atomic E-state index is 0.00456. The van der Waals surface area contributed by atoms with Crippen LogP contribution in [0.1, 0.15) is 35.7 Å². The van der Waals surface area contributed by atoms with Crippen LogP contribution in [0.2, 0.25) is 5.02 Å². The molecule has 2 heterocycles. The Kier molecular flexibility index (Phi) is 7.40. The number of carbonyl (C=O) groups excluding carboxylic acids is 1. The number of pyridine rings is 1. The number of ether oxygens (including phenoxy) is 1. The average molecular weight is 450 g/mol. The van der Waals surface area contributed by atoms with E-state index in [1.165, 1.54) is 5.56 Å². The van der Waals surface area contributed by atoms with Crippen LogP contribution in [-0.4, -0.2) is 36.0 Å². The maximum atomic E-state index is 13.2. The highest BCUT2D eigenvalue weighted by molar-refractivity contribution is 6.30. The summed E-state index contributed by atoms with van der Waals surface area (Å²) in [5, 5.41) is 4.01. The third-order valence-corrected chi connectivity index (χ3v) is 6.21. The molecular formula is C26H28ClN3O2. The molecule has 1 aliphatic rings. The molecule has 3 aromatic rings. The summed E-state index contributed by atoms with van der Waals surface area (Å²) in [5.41, 5.74) is 3.01. The molecule has 1 N–H and O–H groups in total. The van der Waals surface area contributed by atoms with Crippen LogP contribution in [0.4, 0.5) is 0 Å². The van der Waals surface area contributed by atoms with E-state index in [0.717, 1.165) is 54.5 Å². The Morgan fingerprint density at radius 3 is 2.56 bits per heavy atom. The molecule has 1 aliphatic heterocycles. The van der Waals surface area contributed by atoms with Gasteiger partial charge in [0.25, 0.3) is 0 Å². The largest absolute Gasteiger partial charge is 0.497 e. The second-order valence-electron chi connectivity index (χ2n) is 8.15. The second-order valence-corrected chi connectivity index (χ2v) is 8.59. The van der Waals surface area contributed by atoms with E-state index in [9.17, 15) is 4.79 Å². The summed E-state index contributed by atoms with van der Waals surface area (Å²) in [6.07, 6.45) is 3.43. The second kappa shape index (κ2) is 10.6. The molecule has 0 radical (unpaired) electrons. The van der Waals surface area contributed by atoms with Crippen LogP contribution in [0, 0.1) is 5.92 Å². The molecular weight excluding hydrogens is 422 g/mol. The molecule has 0 spiro atoms. The molecule has 166 valence electrons. The van der Waals surface area contributed by atoms with Crippen LogP contribution in [-0.2, 0) is 11.3 Å². The van der Waals surface area contributed by atoms with Crippen molar-refractivity contribution in [1.29, 1.82) is 0 Å². The van der Waals surface area contributed by atoms with Crippen LogP contribution < -0.4 is 10.1 Å². The summed E-state index contributed by atoms with van der Waals surface area (Å²) in [4.78, 5) is 20.1. The number of nitrogens with one attached hydrogen (secondary N) is 1. The number of benzene rings is 2. The van der Waals surface area contributed by atoms with E-state index in [0.29, 0.717) is 0 Å². The number of likely N-dealkylation sites (tertiary alicyclic amines) is 1. The lowest BCUT2D eigenvalue weighted by molar-refractivity contribution is -0.127. The van der Waals surface area contributed by atoms with Crippen LogP contribution >= 0.6 is 11.6 Å². The lowest BCUT2D eigenvalue weighted by Gasteiger charge is -2.32. The van der Waals surface area contributed by atoms with Crippen molar-refractivity contribution in [3.05, 3.63) is 94.8 Å². The van der Waals surface area contributed by atoms with E-state index in [1.54, 1.807) is 13.3 Å². The fourth-order valence-corrected chi connectivity index (χ4v) is 4.39. The van der Waals surface area contributed by atoms with Gasteiger partial charge in [0.05, 0.1) is 18.8 Å². The molecule has 1 aromatic heterocycles. The number of aromatic nitrogens is 1. The smallest absolute Gasteiger partial charge is 0.224 e. The molecule has 1 atom stereocenters. The van der Waals surface area contributed by atoms with Gasteiger partial charge >= 0.3 is 0 Å². The molecule has 1 amide bonds. The standard InChI is InChI=1S/C26H28ClN3O2/c1-32-23-10-8-20(9-11-23)25(24-7-2-3-14-28-24)29-26(31)21-12-15-30(16-13-21)18-19-5-4-6-22(27)17-19/h2-11,14,17,21,25H,12-13,15-16,18H2,1H3,(H,29,31). The lowest BCUT2D eigenvalue weighted by atomic mass is 9.94. The van der Waals surface area contributed by atoms with Crippen molar-refractivity contribution < 1.29 is 9.53 Å². The van der Waals surface area contributed by atoms with E-state index in [2.05, 4.69) is 21.3 Å². The van der Waals surface area contributed by atoms with Crippen molar-refractivity contribution in [2.45, 2.75) is 25.4 Å². The average Bonchev–Trinajstić information content (AvgIpc) is 2.83. The number of rotatable bonds is 7. The van der Waals surface area contributed by atoms with E-state index in [-0.39, 0.29) is 17.9 Å². The van der Waals surface area contributed by atoms with Gasteiger partial charge in [-0.05, 0) is 73.5 Å². The van der Waals surface area contributed by atoms with Gasteiger partial charge < -0.3 is 10.1 Å². The van der Waals surface area contributed by atoms with Gasteiger partial charge in [0.2, 0.25) is 5.91 Å². The molecule has 0 saturated carbocycles. The lowest BCUT2D eigenvalue weighted by Crippen LogP contribution is -2.41. The number of halogens is 1. The number of methoxy groups -OCH3 is 1. The first-order valence-corrected chi connectivity index (χ1v) is 11.3. The van der Waals surface area contributed by atoms with Gasteiger partial charge in [0.15, 0.2) is 0 Å². The van der Waals surface area contributed by atoms with Gasteiger partial charge in [-0.2, -0.15) is 0 Å². The maximum Gasteiger partial charge on any atom is 0.224 e. The first-order valence-electron chi connectivity index (χ1n) is 10.9. The quantitative estimate of drug-likeness (QED) is 0.559. The number of hydrogen-bond acceptors (Lipinski definition) is 4. The minimum Gasteiger partial charge on any atom is -0.497 e. The molecule has 4 rings (SSSR count). The van der Waals surface area contributed by atoms with Crippen molar-refractivity contribution in [2.75, 3.05) is 20.2 Å². The zero-order valence-electron chi connectivity index (χ0n) is 18.2. The monoisotopic (exact) mass is 449 g/mol. The maximum absolute atomic E-state index is 13.2. The number of carbonyl (C=O) groups is 1. The summed E-state index contributed by atoms with van der Waals surface area (Å²) < 4.78 is 5.28. The number of hydrogen-bond donors (Lipinski definition) is 1. The molecule has 32 heavy (non-hydrogen) atoms. The Labute approximate surface area is 194 Å². The highest BCUT2D eigenvalue weighted by Crippen LogP contribution is 2.26. The summed E-state index contributed by atoms with van der Waals surface area (Å²) in [7, 11) is 1.64. The van der Waals surface area contributed by atoms with E-state index in [4.69, 9.17) is 16.3 Å². The predicted octanol–water partition coefficient (Wildman–Crippen LogP) is 4.86. The SMILES string of the molecule is COc1ccc(C(NC(=O)C2CCN(Cc3cccc(Cl)c3)CC2)c2ccccn2)cc1. The van der Waals surface area contributed by atoms with Crippen LogP contribution in [0.25, 0.3) is 0 Å². The first kappa shape index (κ1) is 22.3. The number of nitrogens with zero attached hydrogens (tertiary/aromatic N) is 2. The zero-order chi connectivity index (χ0) is 22.3. The summed E-state index contributed by atoms with van der Waals surface area (Å²) in [6, 6.07) is 21.2. The molecule has 1 saturated heterocycles. The Balaban J connectivity index is 1.40. The molecule has 1 unspecified atom stereocenters. The summed E-state index contributed by atoms with van der Waals surface area (Å²) >= 11 is 6.11. The minimum atomic E-state index is -0.293. The highest BCUT2D eigenvalue weighted by atomic mass is 35.5. The summed E-state index contributed by atoms with van der Waals surface area (Å²) in [5.74, 6) is 0.862. The van der Waals surface area contributed by atoms with Gasteiger partial charge in [0.1, 0.15) is 5.75 Å². The molecule has 1 fully saturated rings. The van der Waals surface area contributed by atoms with Crippen molar-refractivity contribution in [1.82, 2.24) is 15.2 Å². The van der Waals surface area contributed by atoms with Gasteiger partial charge in [-0.1, -0.05) is 41.9 Å². The third kappa shape index (κ3) is 5.67. The molecule has 5 nitrogen and oxygen atoms in total.